The fourth-order valence-electron chi connectivity index (χ4n) is 1.93. The molecule has 18 heavy (non-hydrogen) atoms. The molecule has 0 spiro atoms. The number of carbonyl (C=O) groups is 1. The van der Waals surface area contributed by atoms with Gasteiger partial charge in [-0.15, -0.1) is 11.6 Å². The van der Waals surface area contributed by atoms with Gasteiger partial charge in [-0.3, -0.25) is 4.79 Å². The zero-order chi connectivity index (χ0) is 13.5. The molecule has 0 radical (unpaired) electrons. The smallest absolute Gasteiger partial charge is 0.227 e. The van der Waals surface area contributed by atoms with Gasteiger partial charge in [0.2, 0.25) is 5.91 Å². The lowest BCUT2D eigenvalue weighted by Gasteiger charge is -2.21. The molecule has 100 valence electrons. The number of carbonyl (C=O) groups excluding carboxylic acids is 1. The number of rotatable bonds is 6. The van der Waals surface area contributed by atoms with Gasteiger partial charge in [-0.1, -0.05) is 25.1 Å². The van der Waals surface area contributed by atoms with Crippen LogP contribution in [0.25, 0.3) is 0 Å². The molecular weight excluding hydrogens is 246 g/mol. The molecule has 1 rings (SSSR count). The number of nitrogens with zero attached hydrogens (tertiary/aromatic N) is 1. The third-order valence-corrected chi connectivity index (χ3v) is 3.30. The Kier molecular flexibility index (Phi) is 6.20. The third kappa shape index (κ3) is 4.34. The molecular formula is C15H22ClNO. The van der Waals surface area contributed by atoms with E-state index in [1.807, 2.05) is 11.0 Å². The highest BCUT2D eigenvalue weighted by atomic mass is 35.5. The molecule has 0 aliphatic carbocycles. The number of amides is 1. The molecule has 0 aliphatic heterocycles. The lowest BCUT2D eigenvalue weighted by molar-refractivity contribution is -0.130. The first-order valence-corrected chi connectivity index (χ1v) is 7.01. The molecule has 0 N–H and O–H groups in total. The van der Waals surface area contributed by atoms with Crippen LogP contribution in [0.2, 0.25) is 0 Å². The van der Waals surface area contributed by atoms with E-state index in [-0.39, 0.29) is 5.91 Å². The van der Waals surface area contributed by atoms with Crippen LogP contribution in [-0.2, 0) is 11.2 Å². The van der Waals surface area contributed by atoms with E-state index in [0.717, 1.165) is 18.5 Å². The number of halogens is 1. The van der Waals surface area contributed by atoms with E-state index in [1.54, 1.807) is 0 Å². The van der Waals surface area contributed by atoms with Crippen molar-refractivity contribution in [3.05, 3.63) is 34.9 Å². The molecule has 0 saturated heterocycles. The van der Waals surface area contributed by atoms with E-state index >= 15 is 0 Å². The molecule has 0 heterocycles. The standard InChI is InChI=1S/C15H22ClNO/c1-4-8-17(9-7-16)15(18)11-14-6-5-12(2)13(3)10-14/h5-6,10H,4,7-9,11H2,1-3H3. The van der Waals surface area contributed by atoms with Gasteiger partial charge in [-0.25, -0.2) is 0 Å². The van der Waals surface area contributed by atoms with Gasteiger partial charge < -0.3 is 4.90 Å². The Morgan fingerprint density at radius 2 is 1.94 bits per heavy atom. The van der Waals surface area contributed by atoms with Gasteiger partial charge in [0.05, 0.1) is 6.42 Å². The van der Waals surface area contributed by atoms with Crippen LogP contribution < -0.4 is 0 Å². The first-order chi connectivity index (χ1) is 8.58. The van der Waals surface area contributed by atoms with Gasteiger partial charge in [-0.05, 0) is 37.0 Å². The minimum absolute atomic E-state index is 0.167. The monoisotopic (exact) mass is 267 g/mol. The summed E-state index contributed by atoms with van der Waals surface area (Å²) in [6.45, 7) is 7.66. The van der Waals surface area contributed by atoms with Gasteiger partial charge in [0.25, 0.3) is 0 Å². The summed E-state index contributed by atoms with van der Waals surface area (Å²) in [5.74, 6) is 0.666. The predicted octanol–water partition coefficient (Wildman–Crippen LogP) is 3.32. The number of aryl methyl sites for hydroxylation is 2. The molecule has 0 atom stereocenters. The van der Waals surface area contributed by atoms with E-state index in [0.29, 0.717) is 18.8 Å². The summed E-state index contributed by atoms with van der Waals surface area (Å²) >= 11 is 5.73. The Morgan fingerprint density at radius 3 is 2.50 bits per heavy atom. The van der Waals surface area contributed by atoms with Crippen molar-refractivity contribution in [1.82, 2.24) is 4.90 Å². The van der Waals surface area contributed by atoms with E-state index in [4.69, 9.17) is 11.6 Å². The largest absolute Gasteiger partial charge is 0.341 e. The van der Waals surface area contributed by atoms with Crippen molar-refractivity contribution in [2.75, 3.05) is 19.0 Å². The Labute approximate surface area is 115 Å². The van der Waals surface area contributed by atoms with E-state index in [1.165, 1.54) is 11.1 Å². The van der Waals surface area contributed by atoms with Gasteiger partial charge in [-0.2, -0.15) is 0 Å². The Morgan fingerprint density at radius 1 is 1.22 bits per heavy atom. The molecule has 0 saturated carbocycles. The minimum Gasteiger partial charge on any atom is -0.341 e. The van der Waals surface area contributed by atoms with Crippen molar-refractivity contribution in [3.8, 4) is 0 Å². The Bertz CT molecular complexity index is 397. The van der Waals surface area contributed by atoms with Crippen molar-refractivity contribution < 1.29 is 4.79 Å². The first kappa shape index (κ1) is 15.0. The van der Waals surface area contributed by atoms with Crippen molar-refractivity contribution >= 4 is 17.5 Å². The highest BCUT2D eigenvalue weighted by Crippen LogP contribution is 2.11. The van der Waals surface area contributed by atoms with E-state index in [9.17, 15) is 4.79 Å². The van der Waals surface area contributed by atoms with Crippen LogP contribution in [-0.4, -0.2) is 29.8 Å². The molecule has 0 bridgehead atoms. The Hall–Kier alpha value is -1.02. The fourth-order valence-corrected chi connectivity index (χ4v) is 2.14. The molecule has 3 heteroatoms. The molecule has 0 unspecified atom stereocenters. The summed E-state index contributed by atoms with van der Waals surface area (Å²) in [6.07, 6.45) is 1.44. The van der Waals surface area contributed by atoms with Crippen LogP contribution in [0.3, 0.4) is 0 Å². The van der Waals surface area contributed by atoms with Crippen LogP contribution in [0.4, 0.5) is 0 Å². The second-order valence-electron chi connectivity index (χ2n) is 4.67. The van der Waals surface area contributed by atoms with E-state index < -0.39 is 0 Å². The molecule has 1 aromatic carbocycles. The summed E-state index contributed by atoms with van der Waals surface area (Å²) in [4.78, 5) is 14.0. The zero-order valence-corrected chi connectivity index (χ0v) is 12.3. The molecule has 0 fully saturated rings. The SMILES string of the molecule is CCCN(CCCl)C(=O)Cc1ccc(C)c(C)c1. The molecule has 1 amide bonds. The van der Waals surface area contributed by atoms with Gasteiger partial charge in [0.15, 0.2) is 0 Å². The average molecular weight is 268 g/mol. The zero-order valence-electron chi connectivity index (χ0n) is 11.5. The lowest BCUT2D eigenvalue weighted by atomic mass is 10.0. The summed E-state index contributed by atoms with van der Waals surface area (Å²) in [6, 6.07) is 6.20. The molecule has 0 aromatic heterocycles. The predicted molar refractivity (Wildman–Crippen MR) is 77.2 cm³/mol. The second kappa shape index (κ2) is 7.42. The number of alkyl halides is 1. The summed E-state index contributed by atoms with van der Waals surface area (Å²) in [7, 11) is 0. The quantitative estimate of drug-likeness (QED) is 0.724. The normalized spacial score (nSPS) is 10.4. The maximum Gasteiger partial charge on any atom is 0.227 e. The highest BCUT2D eigenvalue weighted by molar-refractivity contribution is 6.18. The molecule has 1 aromatic rings. The summed E-state index contributed by atoms with van der Waals surface area (Å²) in [5, 5.41) is 0. The minimum atomic E-state index is 0.167. The molecule has 0 aliphatic rings. The first-order valence-electron chi connectivity index (χ1n) is 6.48. The van der Waals surface area contributed by atoms with Gasteiger partial charge in [0, 0.05) is 19.0 Å². The second-order valence-corrected chi connectivity index (χ2v) is 5.04. The van der Waals surface area contributed by atoms with Gasteiger partial charge >= 0.3 is 0 Å². The van der Waals surface area contributed by atoms with E-state index in [2.05, 4.69) is 32.9 Å². The van der Waals surface area contributed by atoms with Crippen LogP contribution in [0.15, 0.2) is 18.2 Å². The maximum atomic E-state index is 12.2. The summed E-state index contributed by atoms with van der Waals surface area (Å²) < 4.78 is 0. The van der Waals surface area contributed by atoms with Crippen LogP contribution in [0.1, 0.15) is 30.0 Å². The van der Waals surface area contributed by atoms with Crippen molar-refractivity contribution in [2.45, 2.75) is 33.6 Å². The lowest BCUT2D eigenvalue weighted by Crippen LogP contribution is -2.34. The maximum absolute atomic E-state index is 12.2. The van der Waals surface area contributed by atoms with Crippen molar-refractivity contribution in [1.29, 1.82) is 0 Å². The van der Waals surface area contributed by atoms with Crippen LogP contribution in [0.5, 0.6) is 0 Å². The summed E-state index contributed by atoms with van der Waals surface area (Å²) in [5.41, 5.74) is 3.58. The topological polar surface area (TPSA) is 20.3 Å². The van der Waals surface area contributed by atoms with Gasteiger partial charge in [0.1, 0.15) is 0 Å². The van der Waals surface area contributed by atoms with Crippen LogP contribution in [0, 0.1) is 13.8 Å². The van der Waals surface area contributed by atoms with Crippen molar-refractivity contribution in [2.24, 2.45) is 0 Å². The average Bonchev–Trinajstić information content (AvgIpc) is 2.33. The highest BCUT2D eigenvalue weighted by Gasteiger charge is 2.12. The molecule has 2 nitrogen and oxygen atoms in total. The fraction of sp³-hybridized carbons (Fsp3) is 0.533. The number of benzene rings is 1. The number of hydrogen-bond donors (Lipinski definition) is 0. The van der Waals surface area contributed by atoms with Crippen LogP contribution >= 0.6 is 11.6 Å². The van der Waals surface area contributed by atoms with Crippen molar-refractivity contribution in [3.63, 3.8) is 0 Å². The number of hydrogen-bond acceptors (Lipinski definition) is 1. The Balaban J connectivity index is 2.69. The third-order valence-electron chi connectivity index (χ3n) is 3.13.